The first-order valence-electron chi connectivity index (χ1n) is 5.82. The Hall–Kier alpha value is -0.930. The largest absolute Gasteiger partial charge is 0.207 e. The van der Waals surface area contributed by atoms with E-state index in [9.17, 15) is 8.78 Å². The summed E-state index contributed by atoms with van der Waals surface area (Å²) in [5, 5.41) is -0.366. The predicted octanol–water partition coefficient (Wildman–Crippen LogP) is 5.56. The first kappa shape index (κ1) is 14.5. The summed E-state index contributed by atoms with van der Waals surface area (Å²) in [6.45, 7) is 1.97. The molecule has 0 aliphatic heterocycles. The average molecular weight is 346 g/mol. The van der Waals surface area contributed by atoms with Crippen LogP contribution < -0.4 is 0 Å². The van der Waals surface area contributed by atoms with E-state index >= 15 is 0 Å². The van der Waals surface area contributed by atoms with Gasteiger partial charge in [0.05, 0.1) is 5.38 Å². The van der Waals surface area contributed by atoms with Gasteiger partial charge in [0.1, 0.15) is 11.6 Å². The van der Waals surface area contributed by atoms with Crippen LogP contribution in [0.3, 0.4) is 0 Å². The molecule has 0 saturated carbocycles. The van der Waals surface area contributed by atoms with Gasteiger partial charge < -0.3 is 0 Å². The van der Waals surface area contributed by atoms with Crippen molar-refractivity contribution in [2.75, 3.05) is 0 Å². The van der Waals surface area contributed by atoms with Crippen LogP contribution in [-0.2, 0) is 6.42 Å². The Kier molecular flexibility index (Phi) is 4.58. The molecule has 19 heavy (non-hydrogen) atoms. The van der Waals surface area contributed by atoms with Crippen molar-refractivity contribution >= 4 is 27.5 Å². The van der Waals surface area contributed by atoms with Crippen molar-refractivity contribution in [3.8, 4) is 0 Å². The van der Waals surface area contributed by atoms with Crippen LogP contribution in [0.15, 0.2) is 40.9 Å². The molecule has 0 N–H and O–H groups in total. The minimum atomic E-state index is -0.580. The zero-order chi connectivity index (χ0) is 14.0. The maximum Gasteiger partial charge on any atom is 0.129 e. The molecule has 0 radical (unpaired) electrons. The normalized spacial score (nSPS) is 12.5. The van der Waals surface area contributed by atoms with E-state index in [0.29, 0.717) is 12.0 Å². The van der Waals surface area contributed by atoms with Crippen LogP contribution in [0.4, 0.5) is 8.78 Å². The molecule has 0 nitrogen and oxygen atoms in total. The van der Waals surface area contributed by atoms with Gasteiger partial charge in [0, 0.05) is 10.5 Å². The van der Waals surface area contributed by atoms with Gasteiger partial charge in [-0.2, -0.15) is 0 Å². The molecule has 0 spiro atoms. The topological polar surface area (TPSA) is 0 Å². The molecule has 4 heteroatoms. The summed E-state index contributed by atoms with van der Waals surface area (Å²) >= 11 is 9.83. The van der Waals surface area contributed by atoms with Gasteiger partial charge in [-0.05, 0) is 36.1 Å². The number of aryl methyl sites for hydroxylation is 1. The Balaban J connectivity index is 2.25. The summed E-state index contributed by atoms with van der Waals surface area (Å²) < 4.78 is 27.4. The fraction of sp³-hybridized carbons (Fsp3) is 0.200. The summed E-state index contributed by atoms with van der Waals surface area (Å²) in [7, 11) is 0. The fourth-order valence-electron chi connectivity index (χ4n) is 1.90. The lowest BCUT2D eigenvalue weighted by Gasteiger charge is -2.14. The van der Waals surface area contributed by atoms with Gasteiger partial charge in [0.2, 0.25) is 0 Å². The molecular weight excluding hydrogens is 334 g/mol. The van der Waals surface area contributed by atoms with Crippen LogP contribution in [0.2, 0.25) is 0 Å². The van der Waals surface area contributed by atoms with Crippen molar-refractivity contribution in [2.24, 2.45) is 0 Å². The predicted molar refractivity (Wildman–Crippen MR) is 77.5 cm³/mol. The Morgan fingerprint density at radius 3 is 2.63 bits per heavy atom. The highest BCUT2D eigenvalue weighted by molar-refractivity contribution is 9.10. The molecule has 0 aliphatic carbocycles. The monoisotopic (exact) mass is 344 g/mol. The maximum atomic E-state index is 13.6. The third-order valence-corrected chi connectivity index (χ3v) is 4.45. The second-order valence-corrected chi connectivity index (χ2v) is 5.71. The smallest absolute Gasteiger partial charge is 0.129 e. The molecule has 0 heterocycles. The molecular formula is C15H12BrClF2. The first-order chi connectivity index (χ1) is 8.99. The van der Waals surface area contributed by atoms with Crippen molar-refractivity contribution < 1.29 is 8.78 Å². The molecule has 0 saturated heterocycles. The molecule has 2 aromatic rings. The van der Waals surface area contributed by atoms with Crippen LogP contribution in [0.25, 0.3) is 0 Å². The molecule has 1 atom stereocenters. The fourth-order valence-corrected chi connectivity index (χ4v) is 2.92. The highest BCUT2D eigenvalue weighted by Gasteiger charge is 2.15. The van der Waals surface area contributed by atoms with Crippen molar-refractivity contribution in [2.45, 2.75) is 18.7 Å². The number of alkyl halides is 1. The highest BCUT2D eigenvalue weighted by atomic mass is 79.9. The van der Waals surface area contributed by atoms with Crippen LogP contribution in [0, 0.1) is 18.6 Å². The molecule has 0 fully saturated rings. The van der Waals surface area contributed by atoms with E-state index in [2.05, 4.69) is 15.9 Å². The van der Waals surface area contributed by atoms with Gasteiger partial charge in [0.25, 0.3) is 0 Å². The van der Waals surface area contributed by atoms with Crippen LogP contribution in [0.1, 0.15) is 22.1 Å². The SMILES string of the molecule is Cc1cccc(C(Cl)Cc2ccc(F)cc2F)c1Br. The van der Waals surface area contributed by atoms with E-state index in [0.717, 1.165) is 21.7 Å². The van der Waals surface area contributed by atoms with Crippen molar-refractivity contribution in [3.05, 3.63) is 69.2 Å². The molecule has 2 rings (SSSR count). The molecule has 2 aromatic carbocycles. The second kappa shape index (κ2) is 6.02. The van der Waals surface area contributed by atoms with Crippen molar-refractivity contribution in [3.63, 3.8) is 0 Å². The van der Waals surface area contributed by atoms with Crippen LogP contribution >= 0.6 is 27.5 Å². The zero-order valence-electron chi connectivity index (χ0n) is 10.3. The highest BCUT2D eigenvalue weighted by Crippen LogP contribution is 2.33. The minimum Gasteiger partial charge on any atom is -0.207 e. The van der Waals surface area contributed by atoms with E-state index < -0.39 is 11.6 Å². The number of hydrogen-bond donors (Lipinski definition) is 0. The van der Waals surface area contributed by atoms with Gasteiger partial charge in [-0.15, -0.1) is 11.6 Å². The summed E-state index contributed by atoms with van der Waals surface area (Å²) in [5.41, 5.74) is 2.39. The van der Waals surface area contributed by atoms with Crippen LogP contribution in [0.5, 0.6) is 0 Å². The Labute approximate surface area is 124 Å². The molecule has 0 aliphatic rings. The number of benzene rings is 2. The molecule has 100 valence electrons. The lowest BCUT2D eigenvalue weighted by molar-refractivity contribution is 0.570. The van der Waals surface area contributed by atoms with E-state index in [-0.39, 0.29) is 5.38 Å². The average Bonchev–Trinajstić information content (AvgIpc) is 2.36. The summed E-state index contributed by atoms with van der Waals surface area (Å²) in [4.78, 5) is 0. The number of hydrogen-bond acceptors (Lipinski definition) is 0. The molecule has 1 unspecified atom stereocenters. The standard InChI is InChI=1S/C15H12BrClF2/c1-9-3-2-4-12(15(9)16)13(17)7-10-5-6-11(18)8-14(10)19/h2-6,8,13H,7H2,1H3. The quantitative estimate of drug-likeness (QED) is 0.639. The maximum absolute atomic E-state index is 13.6. The number of halogens is 4. The summed E-state index contributed by atoms with van der Waals surface area (Å²) in [6.07, 6.45) is 0.315. The van der Waals surface area contributed by atoms with E-state index in [1.807, 2.05) is 25.1 Å². The minimum absolute atomic E-state index is 0.315. The summed E-state index contributed by atoms with van der Waals surface area (Å²) in [5.74, 6) is -1.14. The molecule has 0 bridgehead atoms. The molecule has 0 amide bonds. The second-order valence-electron chi connectivity index (χ2n) is 4.39. The lowest BCUT2D eigenvalue weighted by Crippen LogP contribution is -2.00. The van der Waals surface area contributed by atoms with Crippen molar-refractivity contribution in [1.82, 2.24) is 0 Å². The third kappa shape index (κ3) is 3.34. The van der Waals surface area contributed by atoms with Gasteiger partial charge in [0.15, 0.2) is 0 Å². The van der Waals surface area contributed by atoms with E-state index in [1.54, 1.807) is 0 Å². The Morgan fingerprint density at radius 2 is 1.95 bits per heavy atom. The van der Waals surface area contributed by atoms with Gasteiger partial charge >= 0.3 is 0 Å². The van der Waals surface area contributed by atoms with Gasteiger partial charge in [-0.1, -0.05) is 40.2 Å². The van der Waals surface area contributed by atoms with Crippen LogP contribution in [-0.4, -0.2) is 0 Å². The van der Waals surface area contributed by atoms with Crippen molar-refractivity contribution in [1.29, 1.82) is 0 Å². The lowest BCUT2D eigenvalue weighted by atomic mass is 10.0. The van der Waals surface area contributed by atoms with E-state index in [4.69, 9.17) is 11.6 Å². The first-order valence-corrected chi connectivity index (χ1v) is 7.05. The summed E-state index contributed by atoms with van der Waals surface area (Å²) in [6, 6.07) is 9.33. The zero-order valence-corrected chi connectivity index (χ0v) is 12.6. The number of rotatable bonds is 3. The van der Waals surface area contributed by atoms with E-state index in [1.165, 1.54) is 12.1 Å². The third-order valence-electron chi connectivity index (χ3n) is 2.97. The van der Waals surface area contributed by atoms with Gasteiger partial charge in [-0.25, -0.2) is 8.78 Å². The Bertz CT molecular complexity index is 599. The molecule has 0 aromatic heterocycles. The Morgan fingerprint density at radius 1 is 1.21 bits per heavy atom. The van der Waals surface area contributed by atoms with Gasteiger partial charge in [-0.3, -0.25) is 0 Å².